The van der Waals surface area contributed by atoms with Crippen molar-refractivity contribution in [1.82, 2.24) is 4.90 Å². The van der Waals surface area contributed by atoms with Gasteiger partial charge in [-0.1, -0.05) is 60.7 Å². The molecule has 0 saturated carbocycles. The number of aliphatic hydroxyl groups excluding tert-OH is 1. The lowest BCUT2D eigenvalue weighted by Crippen LogP contribution is -2.43. The van der Waals surface area contributed by atoms with Gasteiger partial charge in [0.25, 0.3) is 0 Å². The second-order valence-electron chi connectivity index (χ2n) is 9.11. The maximum atomic E-state index is 12.8. The zero-order valence-corrected chi connectivity index (χ0v) is 19.2. The van der Waals surface area contributed by atoms with Crippen molar-refractivity contribution in [2.24, 2.45) is 5.92 Å². The number of likely N-dealkylation sites (tertiary alicyclic amines) is 1. The fraction of sp³-hybridized carbons (Fsp3) is 0.500. The summed E-state index contributed by atoms with van der Waals surface area (Å²) in [5.41, 5.74) is 1.77. The molecule has 0 radical (unpaired) electrons. The van der Waals surface area contributed by atoms with Gasteiger partial charge in [0, 0.05) is 24.0 Å². The van der Waals surface area contributed by atoms with Crippen LogP contribution in [0.25, 0.3) is 0 Å². The van der Waals surface area contributed by atoms with Crippen molar-refractivity contribution in [3.05, 3.63) is 81.9 Å². The monoisotopic (exact) mass is 468 g/mol. The molecule has 182 valence electrons. The van der Waals surface area contributed by atoms with Gasteiger partial charge in [-0.25, -0.2) is 4.79 Å². The second-order valence-corrected chi connectivity index (χ2v) is 9.11. The molecule has 0 aliphatic carbocycles. The van der Waals surface area contributed by atoms with E-state index in [9.17, 15) is 20.0 Å². The van der Waals surface area contributed by atoms with Crippen LogP contribution in [0, 0.1) is 16.0 Å². The molecule has 0 unspecified atom stereocenters. The Morgan fingerprint density at radius 3 is 2.50 bits per heavy atom. The van der Waals surface area contributed by atoms with Gasteiger partial charge >= 0.3 is 6.09 Å². The van der Waals surface area contributed by atoms with E-state index in [1.807, 2.05) is 60.7 Å². The van der Waals surface area contributed by atoms with E-state index < -0.39 is 11.8 Å². The van der Waals surface area contributed by atoms with Gasteiger partial charge in [0.1, 0.15) is 6.61 Å². The first kappa shape index (κ1) is 24.2. The largest absolute Gasteiger partial charge is 0.445 e. The van der Waals surface area contributed by atoms with Crippen molar-refractivity contribution < 1.29 is 24.3 Å². The number of carbonyl (C=O) groups excluding carboxylic acids is 1. The van der Waals surface area contributed by atoms with Gasteiger partial charge in [-0.2, -0.15) is 0 Å². The van der Waals surface area contributed by atoms with Gasteiger partial charge in [0.2, 0.25) is 6.54 Å². The molecular formula is C26H32N2O6. The first-order valence-corrected chi connectivity index (χ1v) is 12.0. The van der Waals surface area contributed by atoms with Crippen LogP contribution in [0.2, 0.25) is 0 Å². The van der Waals surface area contributed by atoms with E-state index in [4.69, 9.17) is 9.47 Å². The molecular weight excluding hydrogens is 436 g/mol. The molecule has 2 aromatic carbocycles. The molecule has 8 nitrogen and oxygen atoms in total. The number of aliphatic hydroxyl groups is 1. The Bertz CT molecular complexity index is 941. The van der Waals surface area contributed by atoms with E-state index >= 15 is 0 Å². The first-order chi connectivity index (χ1) is 16.6. The minimum atomic E-state index is -0.444. The van der Waals surface area contributed by atoms with Crippen molar-refractivity contribution in [2.45, 2.75) is 56.5 Å². The lowest BCUT2D eigenvalue weighted by molar-refractivity contribution is -0.485. The van der Waals surface area contributed by atoms with Crippen LogP contribution in [-0.2, 0) is 16.1 Å². The number of carbonyl (C=O) groups is 1. The van der Waals surface area contributed by atoms with E-state index in [0.29, 0.717) is 13.0 Å². The fourth-order valence-corrected chi connectivity index (χ4v) is 5.35. The Morgan fingerprint density at radius 1 is 1.12 bits per heavy atom. The van der Waals surface area contributed by atoms with Crippen molar-refractivity contribution in [3.63, 3.8) is 0 Å². The molecule has 0 spiro atoms. The first-order valence-electron chi connectivity index (χ1n) is 12.0. The van der Waals surface area contributed by atoms with Gasteiger partial charge < -0.3 is 19.5 Å². The van der Waals surface area contributed by atoms with Crippen molar-refractivity contribution in [1.29, 1.82) is 0 Å². The summed E-state index contributed by atoms with van der Waals surface area (Å²) in [7, 11) is 0. The molecule has 0 bridgehead atoms. The van der Waals surface area contributed by atoms with Crippen LogP contribution in [-0.4, -0.2) is 59.0 Å². The molecule has 2 aliphatic heterocycles. The van der Waals surface area contributed by atoms with Crippen molar-refractivity contribution >= 4 is 6.09 Å². The van der Waals surface area contributed by atoms with Crippen LogP contribution in [0.15, 0.2) is 60.7 Å². The number of ether oxygens (including phenoxy) is 2. The van der Waals surface area contributed by atoms with E-state index in [2.05, 4.69) is 0 Å². The molecule has 8 heteroatoms. The van der Waals surface area contributed by atoms with Gasteiger partial charge in [-0.05, 0) is 36.8 Å². The molecule has 2 aromatic rings. The summed E-state index contributed by atoms with van der Waals surface area (Å²) < 4.78 is 11.9. The predicted octanol–water partition coefficient (Wildman–Crippen LogP) is 4.00. The van der Waals surface area contributed by atoms with Crippen LogP contribution in [0.3, 0.4) is 0 Å². The smallest absolute Gasteiger partial charge is 0.410 e. The van der Waals surface area contributed by atoms with E-state index in [-0.39, 0.29) is 49.0 Å². The van der Waals surface area contributed by atoms with E-state index in [1.165, 1.54) is 0 Å². The number of benzene rings is 2. The highest BCUT2D eigenvalue weighted by Gasteiger charge is 2.44. The minimum absolute atomic E-state index is 0.0849. The predicted molar refractivity (Wildman–Crippen MR) is 126 cm³/mol. The highest BCUT2D eigenvalue weighted by molar-refractivity contribution is 5.68. The molecule has 2 heterocycles. The third-order valence-electron chi connectivity index (χ3n) is 7.03. The summed E-state index contributed by atoms with van der Waals surface area (Å²) in [4.78, 5) is 25.6. The minimum Gasteiger partial charge on any atom is -0.445 e. The summed E-state index contributed by atoms with van der Waals surface area (Å²) in [5, 5.41) is 21.6. The van der Waals surface area contributed by atoms with Gasteiger partial charge in [0.05, 0.1) is 24.2 Å². The number of nitro groups is 1. The van der Waals surface area contributed by atoms with Crippen LogP contribution >= 0.6 is 0 Å². The highest BCUT2D eigenvalue weighted by atomic mass is 16.6. The van der Waals surface area contributed by atoms with Crippen LogP contribution in [0.1, 0.15) is 42.7 Å². The molecule has 4 rings (SSSR count). The van der Waals surface area contributed by atoms with Crippen LogP contribution in [0.5, 0.6) is 0 Å². The van der Waals surface area contributed by atoms with E-state index in [1.54, 1.807) is 4.90 Å². The quantitative estimate of drug-likeness (QED) is 0.441. The van der Waals surface area contributed by atoms with Gasteiger partial charge in [-0.3, -0.25) is 10.1 Å². The second kappa shape index (κ2) is 11.4. The molecule has 2 fully saturated rings. The Balaban J connectivity index is 1.40. The van der Waals surface area contributed by atoms with Crippen molar-refractivity contribution in [2.75, 3.05) is 19.7 Å². The third kappa shape index (κ3) is 5.74. The Hall–Kier alpha value is -2.97. The Kier molecular flexibility index (Phi) is 8.13. The van der Waals surface area contributed by atoms with E-state index in [0.717, 1.165) is 30.4 Å². The Morgan fingerprint density at radius 2 is 1.82 bits per heavy atom. The average Bonchev–Trinajstić information content (AvgIpc) is 3.53. The van der Waals surface area contributed by atoms with Crippen molar-refractivity contribution in [3.8, 4) is 0 Å². The molecule has 0 aromatic heterocycles. The molecule has 2 saturated heterocycles. The topological polar surface area (TPSA) is 102 Å². The van der Waals surface area contributed by atoms with Crippen LogP contribution < -0.4 is 0 Å². The zero-order valence-electron chi connectivity index (χ0n) is 19.2. The molecule has 34 heavy (non-hydrogen) atoms. The summed E-state index contributed by atoms with van der Waals surface area (Å²) in [5.74, 6) is -0.835. The number of rotatable bonds is 9. The number of hydrogen-bond donors (Lipinski definition) is 1. The maximum absolute atomic E-state index is 12.8. The number of amides is 1. The van der Waals surface area contributed by atoms with Gasteiger partial charge in [0.15, 0.2) is 0 Å². The summed E-state index contributed by atoms with van der Waals surface area (Å²) >= 11 is 0. The highest BCUT2D eigenvalue weighted by Crippen LogP contribution is 2.38. The molecule has 2 aliphatic rings. The van der Waals surface area contributed by atoms with Gasteiger partial charge in [-0.15, -0.1) is 0 Å². The molecule has 1 amide bonds. The fourth-order valence-electron chi connectivity index (χ4n) is 5.35. The Labute approximate surface area is 199 Å². The number of nitrogens with zero attached hydrogens (tertiary/aromatic N) is 2. The third-order valence-corrected chi connectivity index (χ3v) is 7.03. The molecule has 1 N–H and O–H groups in total. The zero-order chi connectivity index (χ0) is 23.9. The summed E-state index contributed by atoms with van der Waals surface area (Å²) in [6.45, 7) is 0.392. The maximum Gasteiger partial charge on any atom is 0.410 e. The number of hydrogen-bond acceptors (Lipinski definition) is 6. The lowest BCUT2D eigenvalue weighted by Gasteiger charge is -2.31. The summed E-state index contributed by atoms with van der Waals surface area (Å²) in [6, 6.07) is 18.8. The standard InChI is InChI=1S/C26H32N2O6/c29-17-22(21(16-28(31)32)20-10-5-2-6-11-20)24-13-14-25(34-24)23-12-7-15-27(23)26(30)33-18-19-8-3-1-4-9-19/h1-6,8-11,21-25,29H,7,12-18H2/t21-,22+,23+,24+,25-/m1/s1. The lowest BCUT2D eigenvalue weighted by atomic mass is 9.82. The van der Waals surface area contributed by atoms with Crippen LogP contribution in [0.4, 0.5) is 4.79 Å². The SMILES string of the molecule is O=C(OCc1ccccc1)N1CCC[C@H]1[C@H]1CC[C@@H]([C@@H](CO)[C@H](C[N+](=O)[O-])c2ccccc2)O1. The average molecular weight is 469 g/mol. The normalized spacial score (nSPS) is 24.0. The molecule has 5 atom stereocenters. The summed E-state index contributed by atoms with van der Waals surface area (Å²) in [6.07, 6.45) is 2.34.